The molecule has 1 saturated heterocycles. The highest BCUT2D eigenvalue weighted by Crippen LogP contribution is 2.22. The molecule has 3 heteroatoms. The molecule has 0 N–H and O–H groups in total. The molecule has 0 aromatic heterocycles. The van der Waals surface area contributed by atoms with Gasteiger partial charge in [0.15, 0.2) is 0 Å². The van der Waals surface area contributed by atoms with Crippen molar-refractivity contribution in [2.24, 2.45) is 5.41 Å². The average molecular weight is 224 g/mol. The lowest BCUT2D eigenvalue weighted by atomic mass is 9.89. The molecule has 2 atom stereocenters. The molecule has 1 heterocycles. The molecule has 16 heavy (non-hydrogen) atoms. The van der Waals surface area contributed by atoms with Crippen LogP contribution in [0.4, 0.5) is 0 Å². The molecule has 2 unspecified atom stereocenters. The van der Waals surface area contributed by atoms with Crippen LogP contribution in [0, 0.1) is 16.7 Å². The van der Waals surface area contributed by atoms with E-state index in [1.54, 1.807) is 0 Å². The molecule has 1 aliphatic rings. The van der Waals surface area contributed by atoms with E-state index >= 15 is 0 Å². The third kappa shape index (κ3) is 3.77. The standard InChI is InChI=1S/C13H24N2O/c1-11-12(6-9-16-11)15(4)8-5-7-13(2,3)10-14/h11-12H,5-9H2,1-4H3. The van der Waals surface area contributed by atoms with Gasteiger partial charge >= 0.3 is 0 Å². The summed E-state index contributed by atoms with van der Waals surface area (Å²) >= 11 is 0. The average Bonchev–Trinajstić information content (AvgIpc) is 2.64. The van der Waals surface area contributed by atoms with Gasteiger partial charge in [-0.3, -0.25) is 0 Å². The summed E-state index contributed by atoms with van der Waals surface area (Å²) in [5, 5.41) is 8.93. The SMILES string of the molecule is CC1OCCC1N(C)CCCC(C)(C)C#N. The highest BCUT2D eigenvalue weighted by Gasteiger charge is 2.27. The second-order valence-corrected chi connectivity index (χ2v) is 5.51. The van der Waals surface area contributed by atoms with Crippen LogP contribution >= 0.6 is 0 Å². The summed E-state index contributed by atoms with van der Waals surface area (Å²) in [6.45, 7) is 8.11. The van der Waals surface area contributed by atoms with Gasteiger partial charge < -0.3 is 9.64 Å². The third-order valence-corrected chi connectivity index (χ3v) is 3.52. The summed E-state index contributed by atoms with van der Waals surface area (Å²) in [7, 11) is 2.16. The predicted molar refractivity (Wildman–Crippen MR) is 65.1 cm³/mol. The maximum Gasteiger partial charge on any atom is 0.0702 e. The number of likely N-dealkylation sites (N-methyl/N-ethyl adjacent to an activating group) is 1. The molecule has 92 valence electrons. The zero-order chi connectivity index (χ0) is 12.2. The van der Waals surface area contributed by atoms with E-state index in [1.807, 2.05) is 13.8 Å². The van der Waals surface area contributed by atoms with Crippen molar-refractivity contribution in [1.82, 2.24) is 4.90 Å². The second kappa shape index (κ2) is 5.65. The number of hydrogen-bond acceptors (Lipinski definition) is 3. The van der Waals surface area contributed by atoms with Crippen molar-refractivity contribution in [1.29, 1.82) is 5.26 Å². The number of nitrogens with zero attached hydrogens (tertiary/aromatic N) is 2. The minimum atomic E-state index is -0.182. The summed E-state index contributed by atoms with van der Waals surface area (Å²) in [6, 6.07) is 2.91. The maximum absolute atomic E-state index is 8.93. The van der Waals surface area contributed by atoms with Crippen LogP contribution in [0.15, 0.2) is 0 Å². The minimum absolute atomic E-state index is 0.182. The van der Waals surface area contributed by atoms with Crippen LogP contribution in [0.2, 0.25) is 0 Å². The Bertz CT molecular complexity index is 257. The van der Waals surface area contributed by atoms with Crippen LogP contribution < -0.4 is 0 Å². The first-order valence-electron chi connectivity index (χ1n) is 6.19. The van der Waals surface area contributed by atoms with Gasteiger partial charge in [0.25, 0.3) is 0 Å². The quantitative estimate of drug-likeness (QED) is 0.719. The van der Waals surface area contributed by atoms with Gasteiger partial charge in [-0.2, -0.15) is 5.26 Å². The number of nitriles is 1. The number of ether oxygens (including phenoxy) is 1. The summed E-state index contributed by atoms with van der Waals surface area (Å²) < 4.78 is 5.56. The van der Waals surface area contributed by atoms with E-state index in [0.29, 0.717) is 12.1 Å². The van der Waals surface area contributed by atoms with Crippen LogP contribution in [0.3, 0.4) is 0 Å². The van der Waals surface area contributed by atoms with Crippen molar-refractivity contribution in [3.05, 3.63) is 0 Å². The molecule has 0 bridgehead atoms. The summed E-state index contributed by atoms with van der Waals surface area (Å²) in [5.41, 5.74) is -0.182. The van der Waals surface area contributed by atoms with E-state index in [2.05, 4.69) is 24.9 Å². The van der Waals surface area contributed by atoms with Gasteiger partial charge in [0, 0.05) is 12.6 Å². The smallest absolute Gasteiger partial charge is 0.0702 e. The first-order valence-corrected chi connectivity index (χ1v) is 6.19. The largest absolute Gasteiger partial charge is 0.377 e. The van der Waals surface area contributed by atoms with Crippen molar-refractivity contribution in [2.75, 3.05) is 20.2 Å². The number of hydrogen-bond donors (Lipinski definition) is 0. The normalized spacial score (nSPS) is 26.0. The van der Waals surface area contributed by atoms with Gasteiger partial charge in [-0.15, -0.1) is 0 Å². The first-order chi connectivity index (χ1) is 7.46. The molecule has 0 aromatic rings. The Kier molecular flexibility index (Phi) is 4.76. The predicted octanol–water partition coefficient (Wildman–Crippen LogP) is 2.43. The molecule has 1 rings (SSSR count). The molecule has 0 saturated carbocycles. The fourth-order valence-corrected chi connectivity index (χ4v) is 2.29. The van der Waals surface area contributed by atoms with E-state index in [1.165, 1.54) is 0 Å². The monoisotopic (exact) mass is 224 g/mol. The zero-order valence-corrected chi connectivity index (χ0v) is 11.0. The summed E-state index contributed by atoms with van der Waals surface area (Å²) in [4.78, 5) is 2.38. The Morgan fingerprint density at radius 2 is 2.19 bits per heavy atom. The molecule has 0 spiro atoms. The topological polar surface area (TPSA) is 36.3 Å². The Balaban J connectivity index is 2.25. The van der Waals surface area contributed by atoms with Crippen LogP contribution in [0.5, 0.6) is 0 Å². The van der Waals surface area contributed by atoms with Crippen molar-refractivity contribution in [3.63, 3.8) is 0 Å². The molecular formula is C13H24N2O. The molecule has 0 aromatic carbocycles. The van der Waals surface area contributed by atoms with Crippen LogP contribution in [0.1, 0.15) is 40.0 Å². The van der Waals surface area contributed by atoms with Gasteiger partial charge in [0.05, 0.1) is 17.6 Å². The van der Waals surface area contributed by atoms with Crippen LogP contribution in [-0.2, 0) is 4.74 Å². The van der Waals surface area contributed by atoms with Gasteiger partial charge in [0.2, 0.25) is 0 Å². The van der Waals surface area contributed by atoms with Crippen LogP contribution in [-0.4, -0.2) is 37.2 Å². The fraction of sp³-hybridized carbons (Fsp3) is 0.923. The van der Waals surface area contributed by atoms with E-state index in [4.69, 9.17) is 10.00 Å². The van der Waals surface area contributed by atoms with Gasteiger partial charge in [-0.05, 0) is 53.6 Å². The lowest BCUT2D eigenvalue weighted by Crippen LogP contribution is -2.37. The Morgan fingerprint density at radius 3 is 2.69 bits per heavy atom. The first kappa shape index (κ1) is 13.5. The lowest BCUT2D eigenvalue weighted by Gasteiger charge is -2.27. The fourth-order valence-electron chi connectivity index (χ4n) is 2.29. The molecular weight excluding hydrogens is 200 g/mol. The van der Waals surface area contributed by atoms with E-state index in [-0.39, 0.29) is 5.41 Å². The lowest BCUT2D eigenvalue weighted by molar-refractivity contribution is 0.0825. The molecule has 1 aliphatic heterocycles. The van der Waals surface area contributed by atoms with Crippen LogP contribution in [0.25, 0.3) is 0 Å². The second-order valence-electron chi connectivity index (χ2n) is 5.51. The van der Waals surface area contributed by atoms with E-state index in [9.17, 15) is 0 Å². The molecule has 0 aliphatic carbocycles. The van der Waals surface area contributed by atoms with Gasteiger partial charge in [0.1, 0.15) is 0 Å². The number of rotatable bonds is 5. The summed E-state index contributed by atoms with van der Waals surface area (Å²) in [5.74, 6) is 0. The van der Waals surface area contributed by atoms with Crippen molar-refractivity contribution < 1.29 is 4.74 Å². The van der Waals surface area contributed by atoms with Gasteiger partial charge in [-0.1, -0.05) is 0 Å². The Hall–Kier alpha value is -0.590. The molecule has 0 radical (unpaired) electrons. The molecule has 1 fully saturated rings. The highest BCUT2D eigenvalue weighted by molar-refractivity contribution is 4.91. The van der Waals surface area contributed by atoms with Crippen molar-refractivity contribution in [3.8, 4) is 6.07 Å². The highest BCUT2D eigenvalue weighted by atomic mass is 16.5. The van der Waals surface area contributed by atoms with Gasteiger partial charge in [-0.25, -0.2) is 0 Å². The Morgan fingerprint density at radius 1 is 1.50 bits per heavy atom. The third-order valence-electron chi connectivity index (χ3n) is 3.52. The zero-order valence-electron chi connectivity index (χ0n) is 11.0. The minimum Gasteiger partial charge on any atom is -0.377 e. The molecule has 3 nitrogen and oxygen atoms in total. The van der Waals surface area contributed by atoms with Crippen molar-refractivity contribution in [2.45, 2.75) is 52.2 Å². The maximum atomic E-state index is 8.93. The van der Waals surface area contributed by atoms with E-state index < -0.39 is 0 Å². The van der Waals surface area contributed by atoms with Crippen molar-refractivity contribution >= 4 is 0 Å². The molecule has 0 amide bonds. The van der Waals surface area contributed by atoms with E-state index in [0.717, 1.165) is 32.4 Å². The Labute approximate surface area is 99.4 Å². The summed E-state index contributed by atoms with van der Waals surface area (Å²) in [6.07, 6.45) is 3.55.